The summed E-state index contributed by atoms with van der Waals surface area (Å²) in [4.78, 5) is 7.82. The topological polar surface area (TPSA) is 86.4 Å². The van der Waals surface area contributed by atoms with E-state index in [9.17, 15) is 0 Å². The molecule has 5 rings (SSSR count). The molecule has 8 heteroatoms. The van der Waals surface area contributed by atoms with Crippen molar-refractivity contribution in [2.45, 2.75) is 51.1 Å². The van der Waals surface area contributed by atoms with Gasteiger partial charge < -0.3 is 20.1 Å². The minimum atomic E-state index is -0.186. The highest BCUT2D eigenvalue weighted by atomic mass is 32.1. The molecule has 0 bridgehead atoms. The number of rotatable bonds is 8. The van der Waals surface area contributed by atoms with Gasteiger partial charge in [0.25, 0.3) is 0 Å². The lowest BCUT2D eigenvalue weighted by Crippen LogP contribution is -2.49. The Morgan fingerprint density at radius 1 is 1.21 bits per heavy atom. The summed E-state index contributed by atoms with van der Waals surface area (Å²) in [5.41, 5.74) is 9.18. The molecule has 2 atom stereocenters. The van der Waals surface area contributed by atoms with Crippen molar-refractivity contribution in [3.05, 3.63) is 41.5 Å². The highest BCUT2D eigenvalue weighted by molar-refractivity contribution is 7.15. The maximum atomic E-state index is 6.65. The Kier molecular flexibility index (Phi) is 6.07. The van der Waals surface area contributed by atoms with Crippen LogP contribution in [0.25, 0.3) is 21.7 Å². The molecule has 2 N–H and O–H groups in total. The van der Waals surface area contributed by atoms with E-state index in [2.05, 4.69) is 39.1 Å². The lowest BCUT2D eigenvalue weighted by molar-refractivity contribution is 0.0515. The molecule has 1 aliphatic heterocycles. The van der Waals surface area contributed by atoms with Crippen molar-refractivity contribution in [1.29, 1.82) is 0 Å². The summed E-state index contributed by atoms with van der Waals surface area (Å²) in [5, 5.41) is 10.2. The van der Waals surface area contributed by atoms with E-state index in [1.807, 2.05) is 31.3 Å². The maximum Gasteiger partial charge on any atom is 0.188 e. The molecule has 2 unspecified atom stereocenters. The van der Waals surface area contributed by atoms with Crippen molar-refractivity contribution in [1.82, 2.24) is 15.2 Å². The number of anilines is 1. The Bertz CT molecular complexity index is 1110. The number of thiazole rings is 1. The molecule has 1 saturated carbocycles. The van der Waals surface area contributed by atoms with E-state index in [0.29, 0.717) is 11.8 Å². The van der Waals surface area contributed by atoms with Crippen molar-refractivity contribution in [3.63, 3.8) is 0 Å². The number of aromatic nitrogens is 3. The van der Waals surface area contributed by atoms with Crippen LogP contribution in [-0.2, 0) is 4.74 Å². The van der Waals surface area contributed by atoms with Crippen molar-refractivity contribution < 1.29 is 9.47 Å². The van der Waals surface area contributed by atoms with Gasteiger partial charge in [0.05, 0.1) is 15.6 Å². The molecule has 2 aliphatic rings. The Morgan fingerprint density at radius 3 is 2.73 bits per heavy atom. The van der Waals surface area contributed by atoms with E-state index in [4.69, 9.17) is 15.2 Å². The number of ether oxygens (including phenoxy) is 2. The smallest absolute Gasteiger partial charge is 0.188 e. The predicted octanol–water partition coefficient (Wildman–Crippen LogP) is 4.65. The van der Waals surface area contributed by atoms with Gasteiger partial charge >= 0.3 is 0 Å². The van der Waals surface area contributed by atoms with Crippen LogP contribution in [0.1, 0.15) is 37.6 Å². The zero-order chi connectivity index (χ0) is 23.0. The first-order valence-electron chi connectivity index (χ1n) is 11.5. The van der Waals surface area contributed by atoms with Crippen molar-refractivity contribution in [3.8, 4) is 27.4 Å². The van der Waals surface area contributed by atoms with Gasteiger partial charge in [0, 0.05) is 37.0 Å². The summed E-state index contributed by atoms with van der Waals surface area (Å²) in [6, 6.07) is 10.5. The van der Waals surface area contributed by atoms with Crippen LogP contribution in [0.2, 0.25) is 0 Å². The van der Waals surface area contributed by atoms with Crippen LogP contribution in [0, 0.1) is 12.8 Å². The van der Waals surface area contributed by atoms with E-state index in [0.717, 1.165) is 57.8 Å². The molecule has 1 saturated heterocycles. The first kappa shape index (κ1) is 22.3. The van der Waals surface area contributed by atoms with Crippen molar-refractivity contribution >= 4 is 17.2 Å². The molecule has 1 aromatic carbocycles. The van der Waals surface area contributed by atoms with E-state index >= 15 is 0 Å². The minimum Gasteiger partial charge on any atom is -0.467 e. The molecule has 0 radical (unpaired) electrons. The minimum absolute atomic E-state index is 0.162. The third-order valence-electron chi connectivity index (χ3n) is 6.72. The molecule has 3 aromatic rings. The summed E-state index contributed by atoms with van der Waals surface area (Å²) < 4.78 is 11.1. The van der Waals surface area contributed by atoms with Crippen LogP contribution >= 0.6 is 11.3 Å². The first-order valence-corrected chi connectivity index (χ1v) is 12.3. The van der Waals surface area contributed by atoms with Gasteiger partial charge in [-0.15, -0.1) is 21.5 Å². The molecule has 174 valence electrons. The molecule has 33 heavy (non-hydrogen) atoms. The second kappa shape index (κ2) is 9.00. The molecular formula is C25H31N5O2S. The molecule has 0 spiro atoms. The zero-order valence-electron chi connectivity index (χ0n) is 19.5. The summed E-state index contributed by atoms with van der Waals surface area (Å²) in [6.45, 7) is 5.26. The summed E-state index contributed by atoms with van der Waals surface area (Å²) in [5.74, 6) is 2.42. The first-order chi connectivity index (χ1) is 15.9. The second-order valence-corrected chi connectivity index (χ2v) is 10.7. The molecule has 2 aromatic heterocycles. The number of aryl methyl sites for hydroxylation is 1. The number of hydrogen-bond donors (Lipinski definition) is 1. The predicted molar refractivity (Wildman–Crippen MR) is 132 cm³/mol. The van der Waals surface area contributed by atoms with Crippen LogP contribution in [0.15, 0.2) is 36.5 Å². The van der Waals surface area contributed by atoms with Gasteiger partial charge in [-0.1, -0.05) is 18.9 Å². The SMILES string of the molecule is COCOc1cc(-c2cnc(C)s2)ccc1-c1ccc(N2CCC(C)(N)C2CC2CC2)nn1. The zero-order valence-corrected chi connectivity index (χ0v) is 20.3. The molecule has 0 amide bonds. The van der Waals surface area contributed by atoms with Gasteiger partial charge in [-0.3, -0.25) is 0 Å². The van der Waals surface area contributed by atoms with E-state index in [1.165, 1.54) is 12.8 Å². The maximum absolute atomic E-state index is 6.65. The number of benzene rings is 1. The highest BCUT2D eigenvalue weighted by Crippen LogP contribution is 2.41. The molecule has 3 heterocycles. The van der Waals surface area contributed by atoms with Gasteiger partial charge in [0.2, 0.25) is 0 Å². The lowest BCUT2D eigenvalue weighted by Gasteiger charge is -2.33. The van der Waals surface area contributed by atoms with E-state index in [1.54, 1.807) is 18.4 Å². The van der Waals surface area contributed by atoms with Crippen LogP contribution < -0.4 is 15.4 Å². The largest absolute Gasteiger partial charge is 0.467 e. The fourth-order valence-electron chi connectivity index (χ4n) is 4.63. The normalized spacial score (nSPS) is 22.7. The van der Waals surface area contributed by atoms with Crippen LogP contribution in [-0.4, -0.2) is 47.2 Å². The summed E-state index contributed by atoms with van der Waals surface area (Å²) in [6.07, 6.45) is 6.66. The number of nitrogens with two attached hydrogens (primary N) is 1. The quantitative estimate of drug-likeness (QED) is 0.484. The van der Waals surface area contributed by atoms with E-state index in [-0.39, 0.29) is 12.3 Å². The Hall–Kier alpha value is -2.55. The standard InChI is InChI=1S/C25H31N5O2S/c1-16-27-14-22(33-16)18-6-7-19(21(13-18)32-15-31-3)20-8-9-24(29-28-20)30-11-10-25(2,26)23(30)12-17-4-5-17/h6-9,13-14,17,23H,4-5,10-12,15,26H2,1-3H3. The third-order valence-corrected chi connectivity index (χ3v) is 7.68. The average molecular weight is 466 g/mol. The Morgan fingerprint density at radius 2 is 2.06 bits per heavy atom. The highest BCUT2D eigenvalue weighted by Gasteiger charge is 2.44. The fourth-order valence-corrected chi connectivity index (χ4v) is 5.40. The van der Waals surface area contributed by atoms with Gasteiger partial charge in [-0.25, -0.2) is 4.98 Å². The molecule has 7 nitrogen and oxygen atoms in total. The summed E-state index contributed by atoms with van der Waals surface area (Å²) in [7, 11) is 1.62. The van der Waals surface area contributed by atoms with Crippen molar-refractivity contribution in [2.75, 3.05) is 25.3 Å². The fraction of sp³-hybridized carbons (Fsp3) is 0.480. The van der Waals surface area contributed by atoms with Crippen molar-refractivity contribution in [2.24, 2.45) is 11.7 Å². The monoisotopic (exact) mass is 465 g/mol. The van der Waals surface area contributed by atoms with E-state index < -0.39 is 0 Å². The Balaban J connectivity index is 1.42. The number of nitrogens with zero attached hydrogens (tertiary/aromatic N) is 4. The average Bonchev–Trinajstić information content (AvgIpc) is 3.46. The summed E-state index contributed by atoms with van der Waals surface area (Å²) >= 11 is 1.66. The molecule has 2 fully saturated rings. The second-order valence-electron chi connectivity index (χ2n) is 9.43. The van der Waals surface area contributed by atoms with Crippen LogP contribution in [0.4, 0.5) is 5.82 Å². The lowest BCUT2D eigenvalue weighted by atomic mass is 9.90. The van der Waals surface area contributed by atoms with Gasteiger partial charge in [-0.05, 0) is 62.4 Å². The van der Waals surface area contributed by atoms with Gasteiger partial charge in [-0.2, -0.15) is 0 Å². The number of methoxy groups -OCH3 is 1. The van der Waals surface area contributed by atoms with Gasteiger partial charge in [0.1, 0.15) is 5.75 Å². The number of hydrogen-bond acceptors (Lipinski definition) is 8. The molecule has 1 aliphatic carbocycles. The Labute approximate surface area is 199 Å². The third kappa shape index (κ3) is 4.74. The van der Waals surface area contributed by atoms with Crippen LogP contribution in [0.5, 0.6) is 5.75 Å². The molecular weight excluding hydrogens is 434 g/mol. The van der Waals surface area contributed by atoms with Crippen LogP contribution in [0.3, 0.4) is 0 Å². The van der Waals surface area contributed by atoms with Gasteiger partial charge in [0.15, 0.2) is 12.6 Å².